The van der Waals surface area contributed by atoms with Crippen LogP contribution in [0.25, 0.3) is 0 Å². The monoisotopic (exact) mass is 631 g/mol. The number of aliphatic carboxylic acids is 1. The van der Waals surface area contributed by atoms with Crippen LogP contribution >= 0.6 is 11.8 Å². The number of primary amides is 1. The van der Waals surface area contributed by atoms with E-state index < -0.39 is 40.9 Å². The molecule has 0 aromatic carbocycles. The molecule has 7 N–H and O–H groups in total. The van der Waals surface area contributed by atoms with Crippen molar-refractivity contribution in [1.82, 2.24) is 31.1 Å². The van der Waals surface area contributed by atoms with E-state index in [4.69, 9.17) is 10.8 Å². The second kappa shape index (κ2) is 21.5. The number of likely N-dealkylation sites (N-methyl/N-ethyl adjacent to an activating group) is 1. The number of carbonyl (C=O) groups excluding carboxylic acids is 8. The van der Waals surface area contributed by atoms with Gasteiger partial charge in [-0.2, -0.15) is 0 Å². The van der Waals surface area contributed by atoms with Gasteiger partial charge in [-0.25, -0.2) is 4.79 Å². The number of carboxylic acids is 1. The molecular formula is C25H41N7O10S. The molecule has 0 spiro atoms. The molecule has 1 saturated heterocycles. The van der Waals surface area contributed by atoms with Gasteiger partial charge in [0.05, 0.1) is 24.9 Å². The zero-order valence-corrected chi connectivity index (χ0v) is 25.3. The van der Waals surface area contributed by atoms with Crippen LogP contribution in [0.3, 0.4) is 0 Å². The Morgan fingerprint density at radius 1 is 1.05 bits per heavy atom. The number of carboxylic acid groups (broad SMARTS) is 1. The van der Waals surface area contributed by atoms with Crippen molar-refractivity contribution in [2.24, 2.45) is 5.73 Å². The third kappa shape index (κ3) is 16.7. The summed E-state index contributed by atoms with van der Waals surface area (Å²) in [7, 11) is 1.45. The fourth-order valence-electron chi connectivity index (χ4n) is 3.19. The second-order valence-electron chi connectivity index (χ2n) is 9.19. The van der Waals surface area contributed by atoms with Crippen LogP contribution in [0.5, 0.6) is 0 Å². The number of thioether (sulfide) groups is 1. The largest absolute Gasteiger partial charge is 0.480 e. The van der Waals surface area contributed by atoms with Gasteiger partial charge in [-0.3, -0.25) is 43.3 Å². The highest BCUT2D eigenvalue weighted by Crippen LogP contribution is 2.26. The van der Waals surface area contributed by atoms with Gasteiger partial charge in [0, 0.05) is 45.2 Å². The zero-order valence-electron chi connectivity index (χ0n) is 24.5. The summed E-state index contributed by atoms with van der Waals surface area (Å²) >= 11 is 1.29. The topological polar surface area (TPSA) is 254 Å². The summed E-state index contributed by atoms with van der Waals surface area (Å²) in [6.45, 7) is 3.18. The Labute approximate surface area is 253 Å². The van der Waals surface area contributed by atoms with Crippen LogP contribution in [-0.2, 0) is 43.2 Å². The van der Waals surface area contributed by atoms with Crippen molar-refractivity contribution < 1.29 is 48.3 Å². The minimum atomic E-state index is -1.06. The van der Waals surface area contributed by atoms with Crippen LogP contribution in [0.2, 0.25) is 0 Å². The molecule has 43 heavy (non-hydrogen) atoms. The maximum absolute atomic E-state index is 12.1. The average molecular weight is 632 g/mol. The Morgan fingerprint density at radius 2 is 1.63 bits per heavy atom. The molecular weight excluding hydrogens is 590 g/mol. The number of nitrogens with one attached hydrogen (secondary N) is 4. The van der Waals surface area contributed by atoms with E-state index in [-0.39, 0.29) is 63.2 Å². The van der Waals surface area contributed by atoms with E-state index in [1.807, 2.05) is 6.92 Å². The number of carbonyl (C=O) groups is 9. The van der Waals surface area contributed by atoms with Crippen molar-refractivity contribution in [2.75, 3.05) is 45.5 Å². The Morgan fingerprint density at radius 3 is 2.16 bits per heavy atom. The van der Waals surface area contributed by atoms with Crippen molar-refractivity contribution in [3.8, 4) is 0 Å². The lowest BCUT2D eigenvalue weighted by molar-refractivity contribution is -0.148. The van der Waals surface area contributed by atoms with E-state index >= 15 is 0 Å². The van der Waals surface area contributed by atoms with Crippen LogP contribution in [0.4, 0.5) is 0 Å². The highest BCUT2D eigenvalue weighted by Gasteiger charge is 2.38. The number of nitrogens with two attached hydrogens (primary N) is 1. The maximum atomic E-state index is 12.1. The SMILES string of the molecule is CCCCN1C(=O)CC(SCCC(=O)N(C)C(C)C(=O)O)C1=O.NC(=O)CCNC(=O)CNC(=O)CNC(=O)CNC=O. The quantitative estimate of drug-likeness (QED) is 0.0616. The first kappa shape index (κ1) is 38.8. The summed E-state index contributed by atoms with van der Waals surface area (Å²) in [5.74, 6) is -3.39. The average Bonchev–Trinajstić information content (AvgIpc) is 3.23. The third-order valence-electron chi connectivity index (χ3n) is 5.84. The molecule has 1 rings (SSSR count). The zero-order chi connectivity index (χ0) is 32.9. The summed E-state index contributed by atoms with van der Waals surface area (Å²) in [6.07, 6.45) is 2.41. The van der Waals surface area contributed by atoms with E-state index in [0.29, 0.717) is 18.7 Å². The van der Waals surface area contributed by atoms with Crippen LogP contribution in [-0.4, -0.2) is 125 Å². The molecule has 0 aromatic heterocycles. The van der Waals surface area contributed by atoms with Crippen molar-refractivity contribution in [1.29, 1.82) is 0 Å². The number of imide groups is 1. The third-order valence-corrected chi connectivity index (χ3v) is 7.05. The molecule has 1 heterocycles. The van der Waals surface area contributed by atoms with Gasteiger partial charge in [0.2, 0.25) is 47.8 Å². The van der Waals surface area contributed by atoms with Crippen molar-refractivity contribution in [3.63, 3.8) is 0 Å². The number of amides is 8. The van der Waals surface area contributed by atoms with Gasteiger partial charge in [-0.1, -0.05) is 13.3 Å². The number of likely N-dealkylation sites (tertiary alicyclic amines) is 1. The molecule has 8 amide bonds. The predicted molar refractivity (Wildman–Crippen MR) is 154 cm³/mol. The van der Waals surface area contributed by atoms with Gasteiger partial charge in [0.15, 0.2) is 0 Å². The van der Waals surface area contributed by atoms with Crippen LogP contribution in [0.15, 0.2) is 0 Å². The van der Waals surface area contributed by atoms with Crippen LogP contribution in [0, 0.1) is 0 Å². The van der Waals surface area contributed by atoms with Gasteiger partial charge in [-0.05, 0) is 13.3 Å². The summed E-state index contributed by atoms with van der Waals surface area (Å²) in [4.78, 5) is 103. The maximum Gasteiger partial charge on any atom is 0.326 e. The molecule has 2 atom stereocenters. The summed E-state index contributed by atoms with van der Waals surface area (Å²) in [6, 6.07) is -0.883. The Hall–Kier alpha value is -4.22. The standard InChI is InChI=1S/C15H24N2O5S.C10H17N5O5/c1-4-5-7-17-13(19)9-11(14(17)20)23-8-6-12(18)16(3)10(2)15(21)22;11-7(17)1-2-13-9(19)4-15-10(20)5-14-8(18)3-12-6-16/h10-11H,4-9H2,1-3H3,(H,21,22);6H,1-5H2,(H2,11,17)(H,12,16)(H,13,19)(H,14,18)(H,15,20). The van der Waals surface area contributed by atoms with E-state index in [1.54, 1.807) is 0 Å². The molecule has 1 aliphatic heterocycles. The minimum Gasteiger partial charge on any atom is -0.480 e. The molecule has 242 valence electrons. The molecule has 0 aromatic rings. The second-order valence-corrected chi connectivity index (χ2v) is 10.5. The van der Waals surface area contributed by atoms with Crippen molar-refractivity contribution in [3.05, 3.63) is 0 Å². The molecule has 1 aliphatic rings. The molecule has 0 bridgehead atoms. The van der Waals surface area contributed by atoms with E-state index in [0.717, 1.165) is 12.8 Å². The molecule has 18 heteroatoms. The molecule has 0 saturated carbocycles. The van der Waals surface area contributed by atoms with Crippen LogP contribution < -0.4 is 27.0 Å². The number of hydrogen-bond acceptors (Lipinski definition) is 10. The lowest BCUT2D eigenvalue weighted by Gasteiger charge is -2.21. The molecule has 0 radical (unpaired) electrons. The minimum absolute atomic E-state index is 0.0134. The fourth-order valence-corrected chi connectivity index (χ4v) is 4.29. The van der Waals surface area contributed by atoms with Gasteiger partial charge in [0.1, 0.15) is 6.04 Å². The molecule has 1 fully saturated rings. The first-order valence-corrected chi connectivity index (χ1v) is 14.5. The summed E-state index contributed by atoms with van der Waals surface area (Å²) < 4.78 is 0. The smallest absolute Gasteiger partial charge is 0.326 e. The lowest BCUT2D eigenvalue weighted by atomic mass is 10.3. The first-order chi connectivity index (χ1) is 20.2. The Balaban J connectivity index is 0.000000830. The van der Waals surface area contributed by atoms with E-state index in [9.17, 15) is 43.2 Å². The highest BCUT2D eigenvalue weighted by atomic mass is 32.2. The van der Waals surface area contributed by atoms with Crippen molar-refractivity contribution >= 4 is 65.5 Å². The van der Waals surface area contributed by atoms with Gasteiger partial charge in [0.25, 0.3) is 0 Å². The molecule has 17 nitrogen and oxygen atoms in total. The highest BCUT2D eigenvalue weighted by molar-refractivity contribution is 8.00. The van der Waals surface area contributed by atoms with Gasteiger partial charge < -0.3 is 37.0 Å². The normalized spacial score (nSPS) is 14.5. The van der Waals surface area contributed by atoms with Gasteiger partial charge in [-0.15, -0.1) is 11.8 Å². The lowest BCUT2D eigenvalue weighted by Crippen LogP contribution is -2.43. The number of nitrogens with zero attached hydrogens (tertiary/aromatic N) is 2. The Kier molecular flexibility index (Phi) is 19.4. The summed E-state index contributed by atoms with van der Waals surface area (Å²) in [5.41, 5.74) is 4.88. The van der Waals surface area contributed by atoms with E-state index in [2.05, 4.69) is 21.3 Å². The Bertz CT molecular complexity index is 1030. The predicted octanol–water partition coefficient (Wildman–Crippen LogP) is -3.07. The number of unbranched alkanes of at least 4 members (excludes halogenated alkanes) is 1. The molecule has 0 aliphatic carbocycles. The van der Waals surface area contributed by atoms with Crippen molar-refractivity contribution in [2.45, 2.75) is 57.2 Å². The van der Waals surface area contributed by atoms with E-state index in [1.165, 1.54) is 35.5 Å². The molecule has 2 unspecified atom stereocenters. The van der Waals surface area contributed by atoms with Crippen LogP contribution in [0.1, 0.15) is 46.0 Å². The van der Waals surface area contributed by atoms with Gasteiger partial charge >= 0.3 is 5.97 Å². The summed E-state index contributed by atoms with van der Waals surface area (Å²) in [5, 5.41) is 17.4. The fraction of sp³-hybridized carbons (Fsp3) is 0.640. The number of hydrogen-bond donors (Lipinski definition) is 6. The number of rotatable bonds is 19. The first-order valence-electron chi connectivity index (χ1n) is 13.4.